The van der Waals surface area contributed by atoms with Gasteiger partial charge in [0.05, 0.1) is 7.11 Å². The zero-order valence-corrected chi connectivity index (χ0v) is 22.4. The van der Waals surface area contributed by atoms with E-state index in [0.717, 1.165) is 63.7 Å². The molecule has 0 saturated heterocycles. The molecule has 5 heteroatoms. The maximum Gasteiger partial charge on any atom is 0.200 e. The van der Waals surface area contributed by atoms with Gasteiger partial charge >= 0.3 is 0 Å². The van der Waals surface area contributed by atoms with Crippen LogP contribution >= 0.6 is 0 Å². The summed E-state index contributed by atoms with van der Waals surface area (Å²) in [5, 5.41) is 0. The normalized spacial score (nSPS) is 24.3. The summed E-state index contributed by atoms with van der Waals surface area (Å²) in [6, 6.07) is 6.73. The monoisotopic (exact) mass is 518 g/mol. The molecule has 0 atom stereocenters. The van der Waals surface area contributed by atoms with Gasteiger partial charge < -0.3 is 4.74 Å². The molecule has 0 N–H and O–H groups in total. The van der Waals surface area contributed by atoms with E-state index in [9.17, 15) is 8.78 Å². The van der Waals surface area contributed by atoms with Crippen molar-refractivity contribution in [3.8, 4) is 5.75 Å². The third kappa shape index (κ3) is 6.70. The van der Waals surface area contributed by atoms with Crippen LogP contribution in [0.2, 0.25) is 0 Å². The van der Waals surface area contributed by atoms with Gasteiger partial charge in [-0.1, -0.05) is 50.8 Å². The first-order chi connectivity index (χ1) is 17.9. The van der Waals surface area contributed by atoms with Crippen molar-refractivity contribution in [3.05, 3.63) is 64.2 Å². The zero-order chi connectivity index (χ0) is 26.4. The Morgan fingerprint density at radius 3 is 1.76 bits per heavy atom. The Hall–Kier alpha value is -2.04. The number of methoxy groups -OCH3 is 1. The first kappa shape index (κ1) is 28.0. The summed E-state index contributed by atoms with van der Waals surface area (Å²) >= 11 is 0. The van der Waals surface area contributed by atoms with Gasteiger partial charge in [-0.2, -0.15) is 4.39 Å². The summed E-state index contributed by atoms with van der Waals surface area (Å²) in [6.07, 6.45) is 13.8. The smallest absolute Gasteiger partial charge is 0.200 e. The maximum atomic E-state index is 15.1. The van der Waals surface area contributed by atoms with Crippen LogP contribution in [0, 0.1) is 35.1 Å². The third-order valence-corrected chi connectivity index (χ3v) is 9.10. The molecular formula is C32H42F4O. The van der Waals surface area contributed by atoms with Crippen LogP contribution in [0.15, 0.2) is 24.3 Å². The number of halogens is 4. The Kier molecular flexibility index (Phi) is 9.95. The maximum absolute atomic E-state index is 15.1. The summed E-state index contributed by atoms with van der Waals surface area (Å²) in [6.45, 7) is 2.22. The topological polar surface area (TPSA) is 9.23 Å². The zero-order valence-electron chi connectivity index (χ0n) is 22.4. The number of benzene rings is 2. The fraction of sp³-hybridized carbons (Fsp3) is 0.625. The molecule has 2 aliphatic carbocycles. The number of aryl methyl sites for hydroxylation is 1. The van der Waals surface area contributed by atoms with Crippen LogP contribution in [0.25, 0.3) is 0 Å². The van der Waals surface area contributed by atoms with Crippen molar-refractivity contribution in [2.24, 2.45) is 11.8 Å². The minimum Gasteiger partial charge on any atom is -0.494 e. The average molecular weight is 519 g/mol. The predicted octanol–water partition coefficient (Wildman–Crippen LogP) is 10.0. The van der Waals surface area contributed by atoms with E-state index < -0.39 is 23.3 Å². The molecule has 0 aromatic heterocycles. The Morgan fingerprint density at radius 2 is 1.19 bits per heavy atom. The summed E-state index contributed by atoms with van der Waals surface area (Å²) in [5.41, 5.74) is 1.43. The minimum atomic E-state index is -0.928. The van der Waals surface area contributed by atoms with E-state index >= 15 is 8.78 Å². The highest BCUT2D eigenvalue weighted by atomic mass is 19.2. The van der Waals surface area contributed by atoms with E-state index in [-0.39, 0.29) is 17.6 Å². The van der Waals surface area contributed by atoms with Gasteiger partial charge in [-0.3, -0.25) is 0 Å². The molecule has 4 rings (SSSR count). The van der Waals surface area contributed by atoms with Crippen molar-refractivity contribution in [2.75, 3.05) is 7.11 Å². The quantitative estimate of drug-likeness (QED) is 0.225. The van der Waals surface area contributed by atoms with Gasteiger partial charge in [0.2, 0.25) is 5.82 Å². The first-order valence-corrected chi connectivity index (χ1v) is 14.4. The molecule has 0 heterocycles. The van der Waals surface area contributed by atoms with Crippen LogP contribution in [0.5, 0.6) is 5.75 Å². The molecule has 0 amide bonds. The Balaban J connectivity index is 1.27. The minimum absolute atomic E-state index is 0.0214. The van der Waals surface area contributed by atoms with Gasteiger partial charge in [-0.25, -0.2) is 13.2 Å². The van der Waals surface area contributed by atoms with Crippen molar-refractivity contribution in [1.29, 1.82) is 0 Å². The summed E-state index contributed by atoms with van der Waals surface area (Å²) in [7, 11) is 1.32. The van der Waals surface area contributed by atoms with Gasteiger partial charge in [-0.05, 0) is 111 Å². The molecule has 0 aliphatic heterocycles. The van der Waals surface area contributed by atoms with Gasteiger partial charge in [0.1, 0.15) is 0 Å². The molecule has 37 heavy (non-hydrogen) atoms. The predicted molar refractivity (Wildman–Crippen MR) is 141 cm³/mol. The molecule has 0 bridgehead atoms. The van der Waals surface area contributed by atoms with Gasteiger partial charge in [-0.15, -0.1) is 0 Å². The third-order valence-electron chi connectivity index (χ3n) is 9.10. The largest absolute Gasteiger partial charge is 0.494 e. The lowest BCUT2D eigenvalue weighted by Crippen LogP contribution is -2.16. The second-order valence-electron chi connectivity index (χ2n) is 11.4. The fourth-order valence-corrected chi connectivity index (χ4v) is 6.70. The lowest BCUT2D eigenvalue weighted by atomic mass is 9.76. The molecule has 2 aliphatic rings. The van der Waals surface area contributed by atoms with Crippen LogP contribution in [0.1, 0.15) is 119 Å². The summed E-state index contributed by atoms with van der Waals surface area (Å²) < 4.78 is 63.6. The Morgan fingerprint density at radius 1 is 0.649 bits per heavy atom. The second kappa shape index (κ2) is 13.2. The SMILES string of the molecule is CCCCCC1CCC(c2ccc(CCC3CCC(c4ccc(OC)c(F)c4F)CC3)c(F)c2F)CC1. The fourth-order valence-electron chi connectivity index (χ4n) is 6.70. The number of ether oxygens (including phenoxy) is 1. The molecule has 2 fully saturated rings. The van der Waals surface area contributed by atoms with E-state index in [2.05, 4.69) is 6.92 Å². The van der Waals surface area contributed by atoms with Crippen LogP contribution in [0.3, 0.4) is 0 Å². The van der Waals surface area contributed by atoms with E-state index in [1.165, 1.54) is 38.9 Å². The van der Waals surface area contributed by atoms with Crippen LogP contribution in [-0.2, 0) is 6.42 Å². The van der Waals surface area contributed by atoms with Crippen LogP contribution in [0.4, 0.5) is 17.6 Å². The number of hydrogen-bond acceptors (Lipinski definition) is 1. The summed E-state index contributed by atoms with van der Waals surface area (Å²) in [4.78, 5) is 0. The van der Waals surface area contributed by atoms with Crippen molar-refractivity contribution >= 4 is 0 Å². The molecule has 2 aromatic carbocycles. The van der Waals surface area contributed by atoms with Crippen LogP contribution < -0.4 is 4.74 Å². The van der Waals surface area contributed by atoms with Crippen molar-refractivity contribution in [1.82, 2.24) is 0 Å². The first-order valence-electron chi connectivity index (χ1n) is 14.4. The number of hydrogen-bond donors (Lipinski definition) is 0. The molecule has 204 valence electrons. The number of unbranched alkanes of at least 4 members (excludes halogenated alkanes) is 2. The lowest BCUT2D eigenvalue weighted by molar-refractivity contribution is 0.296. The average Bonchev–Trinajstić information content (AvgIpc) is 2.92. The highest BCUT2D eigenvalue weighted by Crippen LogP contribution is 2.41. The van der Waals surface area contributed by atoms with Crippen LogP contribution in [-0.4, -0.2) is 7.11 Å². The van der Waals surface area contributed by atoms with Crippen molar-refractivity contribution < 1.29 is 22.3 Å². The molecule has 2 aromatic rings. The van der Waals surface area contributed by atoms with Gasteiger partial charge in [0.15, 0.2) is 23.2 Å². The molecule has 0 unspecified atom stereocenters. The Bertz CT molecular complexity index is 1020. The molecule has 1 nitrogen and oxygen atoms in total. The molecule has 0 radical (unpaired) electrons. The Labute approximate surface area is 220 Å². The highest BCUT2D eigenvalue weighted by molar-refractivity contribution is 5.33. The van der Waals surface area contributed by atoms with E-state index in [0.29, 0.717) is 29.0 Å². The molecular weight excluding hydrogens is 476 g/mol. The van der Waals surface area contributed by atoms with Crippen molar-refractivity contribution in [3.63, 3.8) is 0 Å². The van der Waals surface area contributed by atoms with E-state index in [1.807, 2.05) is 6.07 Å². The number of rotatable bonds is 10. The van der Waals surface area contributed by atoms with Crippen molar-refractivity contribution in [2.45, 2.75) is 109 Å². The van der Waals surface area contributed by atoms with E-state index in [1.54, 1.807) is 12.1 Å². The molecule has 2 saturated carbocycles. The summed E-state index contributed by atoms with van der Waals surface area (Å²) in [5.74, 6) is -1.91. The standard InChI is InChI=1S/C32H42F4O/c1-3-4-5-6-21-7-12-23(13-8-21)26-18-17-25(29(33)30(26)34)16-11-22-9-14-24(15-10-22)27-19-20-28(37-2)32(36)31(27)35/h17-24H,3-16H2,1-2H3. The second-order valence-corrected chi connectivity index (χ2v) is 11.4. The van der Waals surface area contributed by atoms with Gasteiger partial charge in [0.25, 0.3) is 0 Å². The lowest BCUT2D eigenvalue weighted by Gasteiger charge is -2.30. The van der Waals surface area contributed by atoms with Gasteiger partial charge in [0, 0.05) is 0 Å². The van der Waals surface area contributed by atoms with E-state index in [4.69, 9.17) is 4.74 Å². The molecule has 0 spiro atoms. The highest BCUT2D eigenvalue weighted by Gasteiger charge is 2.28.